The Morgan fingerprint density at radius 3 is 2.77 bits per heavy atom. The second-order valence-electron chi connectivity index (χ2n) is 6.27. The smallest absolute Gasteiger partial charge is 0.231 e. The highest BCUT2D eigenvalue weighted by atomic mass is 16.2. The molecule has 2 aromatic rings. The molecule has 2 heterocycles. The fourth-order valence-electron chi connectivity index (χ4n) is 3.36. The molecule has 5 nitrogen and oxygen atoms in total. The van der Waals surface area contributed by atoms with Crippen molar-refractivity contribution >= 4 is 5.91 Å². The highest BCUT2D eigenvalue weighted by Crippen LogP contribution is 2.48. The average Bonchev–Trinajstić information content (AvgIpc) is 3.29. The SMILES string of the molecule is O=C(NCc1nnc2n1CCCC2)C1(c2ccccc2)CC1. The van der Waals surface area contributed by atoms with E-state index in [4.69, 9.17) is 0 Å². The minimum absolute atomic E-state index is 0.117. The van der Waals surface area contributed by atoms with Gasteiger partial charge in [-0.2, -0.15) is 0 Å². The summed E-state index contributed by atoms with van der Waals surface area (Å²) in [7, 11) is 0. The minimum Gasteiger partial charge on any atom is -0.348 e. The highest BCUT2D eigenvalue weighted by molar-refractivity contribution is 5.91. The molecule has 4 rings (SSSR count). The molecule has 1 aliphatic heterocycles. The van der Waals surface area contributed by atoms with Crippen molar-refractivity contribution in [2.45, 2.75) is 50.6 Å². The van der Waals surface area contributed by atoms with Crippen molar-refractivity contribution in [2.24, 2.45) is 0 Å². The summed E-state index contributed by atoms with van der Waals surface area (Å²) in [4.78, 5) is 12.6. The summed E-state index contributed by atoms with van der Waals surface area (Å²) in [5, 5.41) is 11.5. The Balaban J connectivity index is 1.46. The van der Waals surface area contributed by atoms with Gasteiger partial charge in [0.05, 0.1) is 12.0 Å². The molecular formula is C17H20N4O. The Labute approximate surface area is 129 Å². The Hall–Kier alpha value is -2.17. The van der Waals surface area contributed by atoms with Crippen molar-refractivity contribution < 1.29 is 4.79 Å². The van der Waals surface area contributed by atoms with Gasteiger partial charge in [0.25, 0.3) is 0 Å². The van der Waals surface area contributed by atoms with Crippen LogP contribution < -0.4 is 5.32 Å². The van der Waals surface area contributed by atoms with Crippen LogP contribution >= 0.6 is 0 Å². The molecule has 0 spiro atoms. The molecule has 1 aromatic carbocycles. The number of carbonyl (C=O) groups excluding carboxylic acids is 1. The zero-order valence-electron chi connectivity index (χ0n) is 12.6. The van der Waals surface area contributed by atoms with Crippen molar-refractivity contribution in [2.75, 3.05) is 0 Å². The maximum absolute atomic E-state index is 12.6. The molecule has 0 unspecified atom stereocenters. The first-order chi connectivity index (χ1) is 10.8. The Kier molecular flexibility index (Phi) is 3.21. The number of rotatable bonds is 4. The predicted molar refractivity (Wildman–Crippen MR) is 82.2 cm³/mol. The molecule has 1 amide bonds. The number of nitrogens with one attached hydrogen (secondary N) is 1. The Morgan fingerprint density at radius 2 is 2.00 bits per heavy atom. The summed E-state index contributed by atoms with van der Waals surface area (Å²) in [6.07, 6.45) is 5.21. The van der Waals surface area contributed by atoms with E-state index in [0.29, 0.717) is 6.54 Å². The lowest BCUT2D eigenvalue weighted by molar-refractivity contribution is -0.123. The van der Waals surface area contributed by atoms with Crippen LogP contribution in [0.25, 0.3) is 0 Å². The second kappa shape index (κ2) is 5.23. The van der Waals surface area contributed by atoms with Crippen molar-refractivity contribution in [1.82, 2.24) is 20.1 Å². The molecular weight excluding hydrogens is 276 g/mol. The van der Waals surface area contributed by atoms with Crippen LogP contribution in [0.2, 0.25) is 0 Å². The summed E-state index contributed by atoms with van der Waals surface area (Å²) < 4.78 is 2.16. The van der Waals surface area contributed by atoms with Crippen molar-refractivity contribution in [3.8, 4) is 0 Å². The van der Waals surface area contributed by atoms with Crippen molar-refractivity contribution in [3.05, 3.63) is 47.5 Å². The van der Waals surface area contributed by atoms with Crippen LogP contribution in [0.4, 0.5) is 0 Å². The van der Waals surface area contributed by atoms with Crippen LogP contribution in [0.15, 0.2) is 30.3 Å². The van der Waals surface area contributed by atoms with Crippen LogP contribution in [-0.2, 0) is 29.7 Å². The molecule has 114 valence electrons. The summed E-state index contributed by atoms with van der Waals surface area (Å²) in [6, 6.07) is 10.1. The lowest BCUT2D eigenvalue weighted by atomic mass is 9.95. The maximum atomic E-state index is 12.6. The fourth-order valence-corrected chi connectivity index (χ4v) is 3.36. The van der Waals surface area contributed by atoms with Gasteiger partial charge in [-0.25, -0.2) is 0 Å². The number of hydrogen-bond acceptors (Lipinski definition) is 3. The van der Waals surface area contributed by atoms with E-state index in [0.717, 1.165) is 43.0 Å². The molecule has 1 saturated carbocycles. The molecule has 1 fully saturated rings. The van der Waals surface area contributed by atoms with E-state index in [2.05, 4.69) is 20.1 Å². The number of nitrogens with zero attached hydrogens (tertiary/aromatic N) is 3. The standard InChI is InChI=1S/C17H20N4O/c22-16(17(9-10-17)13-6-2-1-3-7-13)18-12-15-20-19-14-8-4-5-11-21(14)15/h1-3,6-7H,4-5,8-12H2,(H,18,22). The molecule has 5 heteroatoms. The largest absolute Gasteiger partial charge is 0.348 e. The van der Waals surface area contributed by atoms with Gasteiger partial charge >= 0.3 is 0 Å². The summed E-state index contributed by atoms with van der Waals surface area (Å²) in [5.41, 5.74) is 0.808. The number of benzene rings is 1. The van der Waals surface area contributed by atoms with Crippen LogP contribution in [-0.4, -0.2) is 20.7 Å². The zero-order chi connectivity index (χ0) is 15.0. The van der Waals surface area contributed by atoms with Gasteiger partial charge in [0.15, 0.2) is 5.82 Å². The first kappa shape index (κ1) is 13.5. The molecule has 0 radical (unpaired) electrons. The van der Waals surface area contributed by atoms with Gasteiger partial charge in [-0.3, -0.25) is 4.79 Å². The third-order valence-corrected chi connectivity index (χ3v) is 4.85. The molecule has 1 N–H and O–H groups in total. The van der Waals surface area contributed by atoms with Gasteiger partial charge < -0.3 is 9.88 Å². The number of aryl methyl sites for hydroxylation is 1. The number of amides is 1. The Morgan fingerprint density at radius 1 is 1.18 bits per heavy atom. The molecule has 0 atom stereocenters. The van der Waals surface area contributed by atoms with Crippen LogP contribution in [0, 0.1) is 0 Å². The first-order valence-corrected chi connectivity index (χ1v) is 8.04. The Bertz CT molecular complexity index is 688. The van der Waals surface area contributed by atoms with Gasteiger partial charge in [0.1, 0.15) is 5.82 Å². The van der Waals surface area contributed by atoms with E-state index in [9.17, 15) is 4.79 Å². The minimum atomic E-state index is -0.313. The van der Waals surface area contributed by atoms with E-state index >= 15 is 0 Å². The summed E-state index contributed by atoms with van der Waals surface area (Å²) in [5.74, 6) is 2.05. The summed E-state index contributed by atoms with van der Waals surface area (Å²) in [6.45, 7) is 1.44. The van der Waals surface area contributed by atoms with E-state index in [1.165, 1.54) is 12.8 Å². The zero-order valence-corrected chi connectivity index (χ0v) is 12.6. The van der Waals surface area contributed by atoms with Crippen LogP contribution in [0.5, 0.6) is 0 Å². The molecule has 22 heavy (non-hydrogen) atoms. The molecule has 0 bridgehead atoms. The molecule has 2 aliphatic rings. The van der Waals surface area contributed by atoms with Crippen LogP contribution in [0.3, 0.4) is 0 Å². The van der Waals surface area contributed by atoms with Gasteiger partial charge in [-0.1, -0.05) is 30.3 Å². The third kappa shape index (κ3) is 2.21. The van der Waals surface area contributed by atoms with Gasteiger partial charge in [-0.05, 0) is 31.2 Å². The van der Waals surface area contributed by atoms with Crippen molar-refractivity contribution in [1.29, 1.82) is 0 Å². The van der Waals surface area contributed by atoms with Gasteiger partial charge in [-0.15, -0.1) is 10.2 Å². The predicted octanol–water partition coefficient (Wildman–Crippen LogP) is 1.96. The molecule has 1 aromatic heterocycles. The number of hydrogen-bond donors (Lipinski definition) is 1. The van der Waals surface area contributed by atoms with E-state index in [-0.39, 0.29) is 11.3 Å². The lowest BCUT2D eigenvalue weighted by Gasteiger charge is -2.17. The number of carbonyl (C=O) groups is 1. The second-order valence-corrected chi connectivity index (χ2v) is 6.27. The third-order valence-electron chi connectivity index (χ3n) is 4.85. The monoisotopic (exact) mass is 296 g/mol. The fraction of sp³-hybridized carbons (Fsp3) is 0.471. The van der Waals surface area contributed by atoms with Crippen LogP contribution in [0.1, 0.15) is 42.9 Å². The van der Waals surface area contributed by atoms with E-state index in [1.807, 2.05) is 30.3 Å². The van der Waals surface area contributed by atoms with E-state index in [1.54, 1.807) is 0 Å². The van der Waals surface area contributed by atoms with Gasteiger partial charge in [0, 0.05) is 13.0 Å². The highest BCUT2D eigenvalue weighted by Gasteiger charge is 2.51. The number of aromatic nitrogens is 3. The molecule has 0 saturated heterocycles. The normalized spacial score (nSPS) is 18.5. The van der Waals surface area contributed by atoms with E-state index < -0.39 is 0 Å². The average molecular weight is 296 g/mol. The molecule has 1 aliphatic carbocycles. The first-order valence-electron chi connectivity index (χ1n) is 8.04. The number of fused-ring (bicyclic) bond motifs is 1. The summed E-state index contributed by atoms with van der Waals surface area (Å²) >= 11 is 0. The maximum Gasteiger partial charge on any atom is 0.231 e. The lowest BCUT2D eigenvalue weighted by Crippen LogP contribution is -2.35. The van der Waals surface area contributed by atoms with Gasteiger partial charge in [0.2, 0.25) is 5.91 Å². The topological polar surface area (TPSA) is 59.8 Å². The quantitative estimate of drug-likeness (QED) is 0.938. The van der Waals surface area contributed by atoms with Crippen molar-refractivity contribution in [3.63, 3.8) is 0 Å².